The first-order valence-corrected chi connectivity index (χ1v) is 4.82. The molecule has 0 unspecified atom stereocenters. The monoisotopic (exact) mass is 182 g/mol. The smallest absolute Gasteiger partial charge is 0.0690 e. The van der Waals surface area contributed by atoms with Gasteiger partial charge < -0.3 is 10.0 Å². The van der Waals surface area contributed by atoms with Gasteiger partial charge in [0.1, 0.15) is 0 Å². The van der Waals surface area contributed by atoms with Gasteiger partial charge in [-0.3, -0.25) is 0 Å². The van der Waals surface area contributed by atoms with E-state index in [9.17, 15) is 5.11 Å². The summed E-state index contributed by atoms with van der Waals surface area (Å²) in [5, 5.41) is 18.6. The Bertz CT molecular complexity index is 203. The highest BCUT2D eigenvalue weighted by Gasteiger charge is 2.38. The maximum atomic E-state index is 9.66. The molecule has 0 aromatic carbocycles. The van der Waals surface area contributed by atoms with Crippen LogP contribution in [0.5, 0.6) is 0 Å². The normalized spacial score (nSPS) is 22.1. The maximum Gasteiger partial charge on any atom is 0.0690 e. The molecule has 1 N–H and O–H groups in total. The van der Waals surface area contributed by atoms with E-state index in [-0.39, 0.29) is 11.5 Å². The Morgan fingerprint density at radius 1 is 1.54 bits per heavy atom. The van der Waals surface area contributed by atoms with Crippen LogP contribution in [0, 0.1) is 16.7 Å². The van der Waals surface area contributed by atoms with Crippen LogP contribution in [0.4, 0.5) is 0 Å². The summed E-state index contributed by atoms with van der Waals surface area (Å²) >= 11 is 0. The molecule has 0 saturated heterocycles. The van der Waals surface area contributed by atoms with E-state index >= 15 is 0 Å². The predicted octanol–water partition coefficient (Wildman–Crippen LogP) is 0.993. The van der Waals surface area contributed by atoms with Gasteiger partial charge >= 0.3 is 0 Å². The Balaban J connectivity index is 2.35. The van der Waals surface area contributed by atoms with Crippen LogP contribution in [0.2, 0.25) is 0 Å². The number of nitrogens with zero attached hydrogens (tertiary/aromatic N) is 2. The third-order valence-corrected chi connectivity index (χ3v) is 2.75. The zero-order valence-electron chi connectivity index (χ0n) is 8.45. The molecule has 3 nitrogen and oxygen atoms in total. The Kier molecular flexibility index (Phi) is 3.29. The molecule has 0 aromatic rings. The van der Waals surface area contributed by atoms with Crippen molar-refractivity contribution in [3.05, 3.63) is 0 Å². The molecule has 0 aliphatic heterocycles. The van der Waals surface area contributed by atoms with E-state index in [0.717, 1.165) is 19.3 Å². The molecule has 0 aromatic heterocycles. The van der Waals surface area contributed by atoms with Crippen LogP contribution in [0.3, 0.4) is 0 Å². The molecule has 3 heteroatoms. The van der Waals surface area contributed by atoms with Gasteiger partial charge in [0.15, 0.2) is 0 Å². The minimum absolute atomic E-state index is 0.199. The topological polar surface area (TPSA) is 47.3 Å². The second kappa shape index (κ2) is 4.08. The summed E-state index contributed by atoms with van der Waals surface area (Å²) in [6, 6.07) is 2.34. The SMILES string of the molecule is CN(C)C[C@@H](O)CC1(C#N)CCC1. The molecule has 13 heavy (non-hydrogen) atoms. The second-order valence-corrected chi connectivity index (χ2v) is 4.37. The molecule has 0 bridgehead atoms. The molecule has 0 heterocycles. The van der Waals surface area contributed by atoms with Crippen LogP contribution in [-0.4, -0.2) is 36.8 Å². The van der Waals surface area contributed by atoms with Crippen molar-refractivity contribution >= 4 is 0 Å². The van der Waals surface area contributed by atoms with Crippen LogP contribution < -0.4 is 0 Å². The number of likely N-dealkylation sites (N-methyl/N-ethyl adjacent to an activating group) is 1. The van der Waals surface area contributed by atoms with Crippen molar-refractivity contribution in [1.82, 2.24) is 4.90 Å². The maximum absolute atomic E-state index is 9.66. The lowest BCUT2D eigenvalue weighted by Gasteiger charge is -2.37. The zero-order valence-corrected chi connectivity index (χ0v) is 8.45. The number of hydrogen-bond acceptors (Lipinski definition) is 3. The van der Waals surface area contributed by atoms with Crippen molar-refractivity contribution in [3.63, 3.8) is 0 Å². The first kappa shape index (κ1) is 10.5. The number of rotatable bonds is 4. The van der Waals surface area contributed by atoms with E-state index in [0.29, 0.717) is 13.0 Å². The van der Waals surface area contributed by atoms with Crippen LogP contribution in [0.15, 0.2) is 0 Å². The van der Waals surface area contributed by atoms with E-state index in [1.165, 1.54) is 0 Å². The first-order valence-electron chi connectivity index (χ1n) is 4.82. The fourth-order valence-electron chi connectivity index (χ4n) is 1.90. The van der Waals surface area contributed by atoms with Gasteiger partial charge in [0.2, 0.25) is 0 Å². The third-order valence-electron chi connectivity index (χ3n) is 2.75. The molecular formula is C10H18N2O. The van der Waals surface area contributed by atoms with E-state index in [2.05, 4.69) is 6.07 Å². The van der Waals surface area contributed by atoms with Gasteiger partial charge in [-0.25, -0.2) is 0 Å². The van der Waals surface area contributed by atoms with E-state index < -0.39 is 0 Å². The van der Waals surface area contributed by atoms with Gasteiger partial charge in [-0.1, -0.05) is 6.42 Å². The van der Waals surface area contributed by atoms with Crippen LogP contribution in [0.1, 0.15) is 25.7 Å². The van der Waals surface area contributed by atoms with Gasteiger partial charge in [-0.05, 0) is 33.4 Å². The largest absolute Gasteiger partial charge is 0.392 e. The highest BCUT2D eigenvalue weighted by atomic mass is 16.3. The van der Waals surface area contributed by atoms with Gasteiger partial charge in [-0.2, -0.15) is 5.26 Å². The fraction of sp³-hybridized carbons (Fsp3) is 0.900. The molecule has 1 atom stereocenters. The third kappa shape index (κ3) is 2.68. The summed E-state index contributed by atoms with van der Waals surface area (Å²) in [7, 11) is 3.87. The minimum Gasteiger partial charge on any atom is -0.392 e. The van der Waals surface area contributed by atoms with Crippen molar-refractivity contribution in [2.24, 2.45) is 5.41 Å². The average Bonchev–Trinajstić information content (AvgIpc) is 1.95. The highest BCUT2D eigenvalue weighted by Crippen LogP contribution is 2.44. The summed E-state index contributed by atoms with van der Waals surface area (Å²) in [4.78, 5) is 1.95. The summed E-state index contributed by atoms with van der Waals surface area (Å²) in [5.74, 6) is 0. The molecule has 1 saturated carbocycles. The van der Waals surface area contributed by atoms with Crippen LogP contribution in [0.25, 0.3) is 0 Å². The highest BCUT2D eigenvalue weighted by molar-refractivity contribution is 5.05. The molecule has 1 aliphatic carbocycles. The van der Waals surface area contributed by atoms with Crippen LogP contribution >= 0.6 is 0 Å². The summed E-state index contributed by atoms with van der Waals surface area (Å²) in [6.45, 7) is 0.656. The first-order chi connectivity index (χ1) is 6.08. The molecule has 1 rings (SSSR count). The lowest BCUT2D eigenvalue weighted by atomic mass is 9.67. The zero-order chi connectivity index (χ0) is 9.90. The van der Waals surface area contributed by atoms with Gasteiger partial charge in [0, 0.05) is 6.54 Å². The van der Waals surface area contributed by atoms with Crippen molar-refractivity contribution < 1.29 is 5.11 Å². The van der Waals surface area contributed by atoms with E-state index in [1.807, 2.05) is 19.0 Å². The Hall–Kier alpha value is -0.590. The van der Waals surface area contributed by atoms with Crippen molar-refractivity contribution in [3.8, 4) is 6.07 Å². The Labute approximate surface area is 80.0 Å². The quantitative estimate of drug-likeness (QED) is 0.705. The molecule has 1 aliphatic rings. The van der Waals surface area contributed by atoms with Crippen molar-refractivity contribution in [2.45, 2.75) is 31.8 Å². The molecule has 1 fully saturated rings. The van der Waals surface area contributed by atoms with E-state index in [1.54, 1.807) is 0 Å². The minimum atomic E-state index is -0.352. The van der Waals surface area contributed by atoms with Gasteiger partial charge in [-0.15, -0.1) is 0 Å². The lowest BCUT2D eigenvalue weighted by Crippen LogP contribution is -2.36. The molecular weight excluding hydrogens is 164 g/mol. The number of hydrogen-bond donors (Lipinski definition) is 1. The van der Waals surface area contributed by atoms with Crippen LogP contribution in [-0.2, 0) is 0 Å². The molecule has 0 amide bonds. The number of aliphatic hydroxyl groups excluding tert-OH is 1. The summed E-state index contributed by atoms with van der Waals surface area (Å²) in [5.41, 5.74) is -0.199. The number of nitriles is 1. The Morgan fingerprint density at radius 3 is 2.46 bits per heavy atom. The number of aliphatic hydroxyl groups is 1. The van der Waals surface area contributed by atoms with Gasteiger partial charge in [0.25, 0.3) is 0 Å². The average molecular weight is 182 g/mol. The predicted molar refractivity (Wildman–Crippen MR) is 51.1 cm³/mol. The fourth-order valence-corrected chi connectivity index (χ4v) is 1.90. The molecule has 74 valence electrons. The lowest BCUT2D eigenvalue weighted by molar-refractivity contribution is 0.0625. The summed E-state index contributed by atoms with van der Waals surface area (Å²) < 4.78 is 0. The van der Waals surface area contributed by atoms with Crippen molar-refractivity contribution in [1.29, 1.82) is 5.26 Å². The molecule has 0 spiro atoms. The molecule has 0 radical (unpaired) electrons. The van der Waals surface area contributed by atoms with Gasteiger partial charge in [0.05, 0.1) is 17.6 Å². The second-order valence-electron chi connectivity index (χ2n) is 4.37. The summed E-state index contributed by atoms with van der Waals surface area (Å²) in [6.07, 6.45) is 3.36. The van der Waals surface area contributed by atoms with E-state index in [4.69, 9.17) is 5.26 Å². The standard InChI is InChI=1S/C10H18N2O/c1-12(2)7-9(13)6-10(8-11)4-3-5-10/h9,13H,3-7H2,1-2H3/t9-/m0/s1. The Morgan fingerprint density at radius 2 is 2.15 bits per heavy atom. The van der Waals surface area contributed by atoms with Crippen molar-refractivity contribution in [2.75, 3.05) is 20.6 Å².